The number of urea groups is 1. The maximum absolute atomic E-state index is 13.1. The van der Waals surface area contributed by atoms with Gasteiger partial charge in [-0.05, 0) is 42.5 Å². The SMILES string of the molecule is O=C1N(Cc2oc3ccc(Cl)cc3c2-c2ccccc2)C(=O)C23CC(CN12)C3. The fourth-order valence-electron chi connectivity index (χ4n) is 5.15. The molecular weight excluding hydrogens is 376 g/mol. The largest absolute Gasteiger partial charge is 0.458 e. The van der Waals surface area contributed by atoms with Crippen LogP contribution >= 0.6 is 11.6 Å². The van der Waals surface area contributed by atoms with Crippen molar-refractivity contribution in [2.45, 2.75) is 24.9 Å². The second-order valence-electron chi connectivity index (χ2n) is 8.00. The number of hydrogen-bond donors (Lipinski definition) is 0. The molecule has 3 amide bonds. The van der Waals surface area contributed by atoms with Crippen molar-refractivity contribution < 1.29 is 14.0 Å². The van der Waals surface area contributed by atoms with Gasteiger partial charge >= 0.3 is 6.03 Å². The first-order chi connectivity index (χ1) is 13.6. The molecule has 3 aliphatic heterocycles. The summed E-state index contributed by atoms with van der Waals surface area (Å²) in [5.74, 6) is 1.02. The van der Waals surface area contributed by atoms with Gasteiger partial charge in [0.1, 0.15) is 16.9 Å². The lowest BCUT2D eigenvalue weighted by atomic mass is 9.73. The van der Waals surface area contributed by atoms with Gasteiger partial charge in [0, 0.05) is 22.5 Å². The van der Waals surface area contributed by atoms with Gasteiger partial charge in [0.2, 0.25) is 0 Å². The average Bonchev–Trinajstić information content (AvgIpc) is 3.38. The molecule has 2 aromatic carbocycles. The Balaban J connectivity index is 1.47. The van der Waals surface area contributed by atoms with Crippen LogP contribution in [0.2, 0.25) is 5.02 Å². The van der Waals surface area contributed by atoms with Crippen LogP contribution in [0.1, 0.15) is 18.6 Å². The first-order valence-corrected chi connectivity index (χ1v) is 9.84. The van der Waals surface area contributed by atoms with Crippen molar-refractivity contribution in [3.63, 3.8) is 0 Å². The number of halogens is 1. The van der Waals surface area contributed by atoms with E-state index in [-0.39, 0.29) is 18.5 Å². The summed E-state index contributed by atoms with van der Waals surface area (Å²) >= 11 is 6.23. The molecule has 140 valence electrons. The lowest BCUT2D eigenvalue weighted by Crippen LogP contribution is -2.48. The highest BCUT2D eigenvalue weighted by Gasteiger charge is 2.69. The summed E-state index contributed by atoms with van der Waals surface area (Å²) < 4.78 is 6.11. The molecule has 4 fully saturated rings. The molecule has 7 rings (SSSR count). The van der Waals surface area contributed by atoms with Crippen LogP contribution in [0, 0.1) is 5.92 Å². The highest BCUT2D eigenvalue weighted by molar-refractivity contribution is 6.31. The van der Waals surface area contributed by atoms with Crippen molar-refractivity contribution >= 4 is 34.5 Å². The molecule has 6 heteroatoms. The molecular formula is C22H17ClN2O3. The first kappa shape index (κ1) is 16.2. The smallest absolute Gasteiger partial charge is 0.328 e. The monoisotopic (exact) mass is 392 g/mol. The van der Waals surface area contributed by atoms with Crippen molar-refractivity contribution in [2.75, 3.05) is 6.54 Å². The predicted octanol–water partition coefficient (Wildman–Crippen LogP) is 4.68. The molecule has 1 aliphatic carbocycles. The Morgan fingerprint density at radius 2 is 1.89 bits per heavy atom. The average molecular weight is 393 g/mol. The molecule has 4 heterocycles. The summed E-state index contributed by atoms with van der Waals surface area (Å²) in [6, 6.07) is 15.1. The number of carbonyl (C=O) groups is 2. The minimum atomic E-state index is -0.579. The van der Waals surface area contributed by atoms with Crippen LogP contribution in [0.15, 0.2) is 52.9 Å². The van der Waals surface area contributed by atoms with Crippen molar-refractivity contribution in [3.05, 3.63) is 59.3 Å². The highest BCUT2D eigenvalue weighted by atomic mass is 35.5. The highest BCUT2D eigenvalue weighted by Crippen LogP contribution is 2.55. The zero-order valence-electron chi connectivity index (χ0n) is 15.0. The van der Waals surface area contributed by atoms with Gasteiger partial charge in [0.05, 0.1) is 6.54 Å². The number of nitrogens with zero attached hydrogens (tertiary/aromatic N) is 2. The summed E-state index contributed by atoms with van der Waals surface area (Å²) in [5.41, 5.74) is 1.97. The number of imide groups is 1. The van der Waals surface area contributed by atoms with Gasteiger partial charge in [-0.3, -0.25) is 9.69 Å². The van der Waals surface area contributed by atoms with E-state index in [1.54, 1.807) is 11.0 Å². The van der Waals surface area contributed by atoms with Crippen molar-refractivity contribution in [3.8, 4) is 11.1 Å². The fraction of sp³-hybridized carbons (Fsp3) is 0.273. The van der Waals surface area contributed by atoms with E-state index in [9.17, 15) is 9.59 Å². The van der Waals surface area contributed by atoms with E-state index < -0.39 is 5.54 Å². The van der Waals surface area contributed by atoms with Gasteiger partial charge in [-0.1, -0.05) is 41.9 Å². The number of benzene rings is 2. The Hall–Kier alpha value is -2.79. The fourth-order valence-corrected chi connectivity index (χ4v) is 5.32. The van der Waals surface area contributed by atoms with E-state index >= 15 is 0 Å². The number of furan rings is 1. The van der Waals surface area contributed by atoms with Gasteiger partial charge in [-0.15, -0.1) is 0 Å². The minimum absolute atomic E-state index is 0.0799. The van der Waals surface area contributed by atoms with E-state index in [2.05, 4.69) is 0 Å². The summed E-state index contributed by atoms with van der Waals surface area (Å²) in [6.45, 7) is 0.833. The quantitative estimate of drug-likeness (QED) is 0.608. The molecule has 4 aliphatic rings. The molecule has 0 atom stereocenters. The Kier molecular flexibility index (Phi) is 3.11. The first-order valence-electron chi connectivity index (χ1n) is 9.47. The lowest BCUT2D eigenvalue weighted by molar-refractivity contribution is -0.135. The molecule has 0 N–H and O–H groups in total. The third-order valence-corrected chi connectivity index (χ3v) is 6.64. The third kappa shape index (κ3) is 1.97. The Morgan fingerprint density at radius 1 is 1.11 bits per heavy atom. The van der Waals surface area contributed by atoms with E-state index in [4.69, 9.17) is 16.0 Å². The third-order valence-electron chi connectivity index (χ3n) is 6.40. The second-order valence-corrected chi connectivity index (χ2v) is 8.43. The molecule has 28 heavy (non-hydrogen) atoms. The molecule has 2 bridgehead atoms. The van der Waals surface area contributed by atoms with Crippen molar-refractivity contribution in [1.82, 2.24) is 9.80 Å². The van der Waals surface area contributed by atoms with Gasteiger partial charge < -0.3 is 9.32 Å². The molecule has 1 aromatic heterocycles. The topological polar surface area (TPSA) is 53.8 Å². The second kappa shape index (κ2) is 5.39. The van der Waals surface area contributed by atoms with Crippen LogP contribution in [0.3, 0.4) is 0 Å². The van der Waals surface area contributed by atoms with Gasteiger partial charge in [-0.25, -0.2) is 4.79 Å². The normalized spacial score (nSPS) is 25.5. The van der Waals surface area contributed by atoms with Crippen LogP contribution in [0.25, 0.3) is 22.1 Å². The standard InChI is InChI=1S/C22H17ClN2O3/c23-15-6-7-17-16(8-15)19(14-4-2-1-3-5-14)18(28-17)12-24-20(26)22-9-13(10-22)11-25(22)21(24)27/h1-8,13H,9-12H2. The van der Waals surface area contributed by atoms with Crippen molar-refractivity contribution in [2.24, 2.45) is 5.92 Å². The van der Waals surface area contributed by atoms with E-state index in [0.717, 1.165) is 29.4 Å². The maximum atomic E-state index is 13.1. The lowest BCUT2D eigenvalue weighted by Gasteiger charge is -2.34. The number of carbonyl (C=O) groups excluding carboxylic acids is 2. The Morgan fingerprint density at radius 3 is 2.64 bits per heavy atom. The van der Waals surface area contributed by atoms with Crippen LogP contribution in [-0.2, 0) is 11.3 Å². The maximum Gasteiger partial charge on any atom is 0.328 e. The van der Waals surface area contributed by atoms with Crippen LogP contribution < -0.4 is 0 Å². The van der Waals surface area contributed by atoms with E-state index in [0.29, 0.717) is 28.8 Å². The molecule has 1 spiro atoms. The predicted molar refractivity (Wildman–Crippen MR) is 105 cm³/mol. The Bertz CT molecular complexity index is 1140. The molecule has 1 saturated carbocycles. The van der Waals surface area contributed by atoms with E-state index in [1.807, 2.05) is 42.5 Å². The van der Waals surface area contributed by atoms with E-state index in [1.165, 1.54) is 4.90 Å². The van der Waals surface area contributed by atoms with Crippen LogP contribution in [0.4, 0.5) is 4.79 Å². The molecule has 3 saturated heterocycles. The van der Waals surface area contributed by atoms with Crippen LogP contribution in [-0.4, -0.2) is 33.8 Å². The molecule has 0 unspecified atom stereocenters. The van der Waals surface area contributed by atoms with Gasteiger partial charge in [0.15, 0.2) is 0 Å². The number of rotatable bonds is 3. The molecule has 3 aromatic rings. The molecule has 0 radical (unpaired) electrons. The number of amides is 3. The number of hydrogen-bond acceptors (Lipinski definition) is 3. The van der Waals surface area contributed by atoms with Crippen molar-refractivity contribution in [1.29, 1.82) is 0 Å². The zero-order valence-corrected chi connectivity index (χ0v) is 15.8. The summed E-state index contributed by atoms with van der Waals surface area (Å²) in [5, 5.41) is 1.50. The summed E-state index contributed by atoms with van der Waals surface area (Å²) in [4.78, 5) is 29.1. The minimum Gasteiger partial charge on any atom is -0.458 e. The molecule has 5 nitrogen and oxygen atoms in total. The van der Waals surface area contributed by atoms with Crippen LogP contribution in [0.5, 0.6) is 0 Å². The van der Waals surface area contributed by atoms with Gasteiger partial charge in [0.25, 0.3) is 5.91 Å². The summed E-state index contributed by atoms with van der Waals surface area (Å²) in [7, 11) is 0. The Labute approximate surface area is 166 Å². The summed E-state index contributed by atoms with van der Waals surface area (Å²) in [6.07, 6.45) is 1.60. The van der Waals surface area contributed by atoms with Gasteiger partial charge in [-0.2, -0.15) is 0 Å². The number of fused-ring (bicyclic) bond motifs is 1. The zero-order chi connectivity index (χ0) is 19.0.